The van der Waals surface area contributed by atoms with E-state index < -0.39 is 10.0 Å². The molecule has 0 bridgehead atoms. The standard InChI is InChI=1S/C12H15N3O3S2/c1-13-12-15-9(8-19-12)7-14-20(16,17)11-5-3-10(18-2)4-6-11/h3-6,8,14H,7H2,1-2H3,(H,13,15). The van der Waals surface area contributed by atoms with Gasteiger partial charge in [-0.05, 0) is 24.3 Å². The van der Waals surface area contributed by atoms with E-state index in [4.69, 9.17) is 4.74 Å². The Kier molecular flexibility index (Phi) is 4.58. The summed E-state index contributed by atoms with van der Waals surface area (Å²) in [6.07, 6.45) is 0. The molecule has 1 heterocycles. The smallest absolute Gasteiger partial charge is 0.240 e. The van der Waals surface area contributed by atoms with Gasteiger partial charge in [-0.1, -0.05) is 0 Å². The number of aromatic nitrogens is 1. The van der Waals surface area contributed by atoms with Crippen LogP contribution < -0.4 is 14.8 Å². The molecule has 2 aromatic rings. The van der Waals surface area contributed by atoms with Gasteiger partial charge in [0.05, 0.1) is 24.2 Å². The van der Waals surface area contributed by atoms with Crippen LogP contribution in [0.2, 0.25) is 0 Å². The average molecular weight is 313 g/mol. The molecule has 20 heavy (non-hydrogen) atoms. The van der Waals surface area contributed by atoms with Crippen molar-refractivity contribution in [3.8, 4) is 5.75 Å². The second-order valence-corrected chi connectivity index (χ2v) is 6.52. The zero-order chi connectivity index (χ0) is 14.6. The topological polar surface area (TPSA) is 80.3 Å². The minimum Gasteiger partial charge on any atom is -0.497 e. The molecule has 6 nitrogen and oxygen atoms in total. The predicted octanol–water partition coefficient (Wildman–Crippen LogP) is 1.67. The minimum atomic E-state index is -3.54. The maximum atomic E-state index is 12.1. The third kappa shape index (κ3) is 3.47. The number of ether oxygens (including phenoxy) is 1. The van der Waals surface area contributed by atoms with Gasteiger partial charge in [-0.3, -0.25) is 0 Å². The Bertz CT molecular complexity index is 666. The lowest BCUT2D eigenvalue weighted by molar-refractivity contribution is 0.414. The first-order valence-electron chi connectivity index (χ1n) is 5.81. The first-order chi connectivity index (χ1) is 9.55. The lowest BCUT2D eigenvalue weighted by Crippen LogP contribution is -2.23. The fraction of sp³-hybridized carbons (Fsp3) is 0.250. The van der Waals surface area contributed by atoms with Gasteiger partial charge in [-0.25, -0.2) is 18.1 Å². The lowest BCUT2D eigenvalue weighted by Gasteiger charge is -2.06. The van der Waals surface area contributed by atoms with Gasteiger partial charge < -0.3 is 10.1 Å². The molecule has 0 atom stereocenters. The summed E-state index contributed by atoms with van der Waals surface area (Å²) < 4.78 is 31.7. The van der Waals surface area contributed by atoms with Gasteiger partial charge in [0.1, 0.15) is 5.75 Å². The highest BCUT2D eigenvalue weighted by Crippen LogP contribution is 2.17. The molecule has 1 aromatic heterocycles. The summed E-state index contributed by atoms with van der Waals surface area (Å²) in [6.45, 7) is 0.159. The van der Waals surface area contributed by atoms with E-state index in [1.54, 1.807) is 19.2 Å². The average Bonchev–Trinajstić information content (AvgIpc) is 2.93. The Hall–Kier alpha value is -1.64. The molecule has 0 aliphatic carbocycles. The third-order valence-electron chi connectivity index (χ3n) is 2.58. The van der Waals surface area contributed by atoms with E-state index in [0.717, 1.165) is 5.13 Å². The van der Waals surface area contributed by atoms with Gasteiger partial charge in [0, 0.05) is 12.4 Å². The summed E-state index contributed by atoms with van der Waals surface area (Å²) in [7, 11) is -0.243. The van der Waals surface area contributed by atoms with Crippen LogP contribution in [0, 0.1) is 0 Å². The molecule has 108 valence electrons. The highest BCUT2D eigenvalue weighted by atomic mass is 32.2. The Labute approximate surface area is 121 Å². The van der Waals surface area contributed by atoms with Crippen LogP contribution in [-0.4, -0.2) is 27.6 Å². The van der Waals surface area contributed by atoms with Crippen molar-refractivity contribution in [1.82, 2.24) is 9.71 Å². The molecule has 2 N–H and O–H groups in total. The normalized spacial score (nSPS) is 11.3. The fourth-order valence-corrected chi connectivity index (χ4v) is 3.18. The maximum absolute atomic E-state index is 12.1. The summed E-state index contributed by atoms with van der Waals surface area (Å²) in [5, 5.41) is 5.47. The van der Waals surface area contributed by atoms with Crippen LogP contribution in [0.15, 0.2) is 34.5 Å². The van der Waals surface area contributed by atoms with Gasteiger partial charge in [0.25, 0.3) is 0 Å². The first-order valence-corrected chi connectivity index (χ1v) is 8.17. The molecular formula is C12H15N3O3S2. The highest BCUT2D eigenvalue weighted by molar-refractivity contribution is 7.89. The van der Waals surface area contributed by atoms with Crippen molar-refractivity contribution in [3.05, 3.63) is 35.3 Å². The second kappa shape index (κ2) is 6.21. The molecule has 0 spiro atoms. The quantitative estimate of drug-likeness (QED) is 0.848. The van der Waals surface area contributed by atoms with Crippen molar-refractivity contribution in [1.29, 1.82) is 0 Å². The molecule has 0 aliphatic heterocycles. The summed E-state index contributed by atoms with van der Waals surface area (Å²) >= 11 is 1.43. The van der Waals surface area contributed by atoms with Crippen LogP contribution >= 0.6 is 11.3 Å². The van der Waals surface area contributed by atoms with Gasteiger partial charge in [0.2, 0.25) is 10.0 Å². The van der Waals surface area contributed by atoms with Crippen molar-refractivity contribution in [2.45, 2.75) is 11.4 Å². The minimum absolute atomic E-state index is 0.159. The van der Waals surface area contributed by atoms with E-state index in [0.29, 0.717) is 11.4 Å². The van der Waals surface area contributed by atoms with Gasteiger partial charge in [-0.2, -0.15) is 0 Å². The summed E-state index contributed by atoms with van der Waals surface area (Å²) in [6, 6.07) is 6.22. The van der Waals surface area contributed by atoms with E-state index in [2.05, 4.69) is 15.0 Å². The SMILES string of the molecule is CNc1nc(CNS(=O)(=O)c2ccc(OC)cc2)cs1. The monoisotopic (exact) mass is 313 g/mol. The number of hydrogen-bond donors (Lipinski definition) is 2. The zero-order valence-corrected chi connectivity index (χ0v) is 12.7. The molecule has 0 saturated carbocycles. The number of rotatable bonds is 6. The molecule has 8 heteroatoms. The highest BCUT2D eigenvalue weighted by Gasteiger charge is 2.14. The van der Waals surface area contributed by atoms with E-state index in [1.807, 2.05) is 5.38 Å². The third-order valence-corrected chi connectivity index (χ3v) is 4.90. The van der Waals surface area contributed by atoms with Gasteiger partial charge in [0.15, 0.2) is 5.13 Å². The Morgan fingerprint density at radius 2 is 2.00 bits per heavy atom. The van der Waals surface area contributed by atoms with Crippen molar-refractivity contribution >= 4 is 26.5 Å². The number of hydrogen-bond acceptors (Lipinski definition) is 6. The van der Waals surface area contributed by atoms with Crippen LogP contribution in [0.5, 0.6) is 5.75 Å². The molecule has 0 aliphatic rings. The second-order valence-electron chi connectivity index (χ2n) is 3.89. The number of sulfonamides is 1. The molecule has 1 aromatic carbocycles. The molecular weight excluding hydrogens is 298 g/mol. The van der Waals surface area contributed by atoms with E-state index in [1.165, 1.54) is 30.6 Å². The van der Waals surface area contributed by atoms with Crippen LogP contribution in [0.3, 0.4) is 0 Å². The Morgan fingerprint density at radius 3 is 2.55 bits per heavy atom. The molecule has 0 fully saturated rings. The molecule has 0 amide bonds. The van der Waals surface area contributed by atoms with Crippen molar-refractivity contribution in [2.24, 2.45) is 0 Å². The number of anilines is 1. The number of nitrogens with zero attached hydrogens (tertiary/aromatic N) is 1. The largest absolute Gasteiger partial charge is 0.497 e. The Balaban J connectivity index is 2.06. The lowest BCUT2D eigenvalue weighted by atomic mass is 10.3. The van der Waals surface area contributed by atoms with Crippen LogP contribution in [-0.2, 0) is 16.6 Å². The van der Waals surface area contributed by atoms with Crippen molar-refractivity contribution in [3.63, 3.8) is 0 Å². The molecule has 0 unspecified atom stereocenters. The molecule has 0 saturated heterocycles. The Morgan fingerprint density at radius 1 is 1.30 bits per heavy atom. The van der Waals surface area contributed by atoms with Gasteiger partial charge >= 0.3 is 0 Å². The number of thiazole rings is 1. The number of nitrogens with one attached hydrogen (secondary N) is 2. The van der Waals surface area contributed by atoms with E-state index in [9.17, 15) is 8.42 Å². The maximum Gasteiger partial charge on any atom is 0.240 e. The number of methoxy groups -OCH3 is 1. The van der Waals surface area contributed by atoms with Gasteiger partial charge in [-0.15, -0.1) is 11.3 Å². The van der Waals surface area contributed by atoms with Crippen LogP contribution in [0.4, 0.5) is 5.13 Å². The van der Waals surface area contributed by atoms with Crippen molar-refractivity contribution < 1.29 is 13.2 Å². The fourth-order valence-electron chi connectivity index (χ4n) is 1.51. The predicted molar refractivity (Wildman–Crippen MR) is 78.7 cm³/mol. The number of benzene rings is 1. The zero-order valence-electron chi connectivity index (χ0n) is 11.1. The summed E-state index contributed by atoms with van der Waals surface area (Å²) in [4.78, 5) is 4.41. The summed E-state index contributed by atoms with van der Waals surface area (Å²) in [5.74, 6) is 0.613. The first kappa shape index (κ1) is 14.8. The van der Waals surface area contributed by atoms with Crippen molar-refractivity contribution in [2.75, 3.05) is 19.5 Å². The summed E-state index contributed by atoms with van der Waals surface area (Å²) in [5.41, 5.74) is 0.677. The molecule has 0 radical (unpaired) electrons. The molecule has 2 rings (SSSR count). The van der Waals surface area contributed by atoms with E-state index in [-0.39, 0.29) is 11.4 Å². The van der Waals surface area contributed by atoms with Crippen LogP contribution in [0.25, 0.3) is 0 Å². The van der Waals surface area contributed by atoms with Crippen LogP contribution in [0.1, 0.15) is 5.69 Å². The van der Waals surface area contributed by atoms with E-state index >= 15 is 0 Å².